The molecule has 0 radical (unpaired) electrons. The van der Waals surface area contributed by atoms with Crippen LogP contribution in [0.2, 0.25) is 0 Å². The molecule has 1 aromatic carbocycles. The standard InChI is InChI=1S/C16H26FN3O/c1-5-21-11-10-19-15(18-4)20-12-16(2,3)13-6-8-14(17)9-7-13/h6-9H,5,10-12H2,1-4H3,(H2,18,19,20). The van der Waals surface area contributed by atoms with Gasteiger partial charge in [0.25, 0.3) is 0 Å². The predicted molar refractivity (Wildman–Crippen MR) is 85.3 cm³/mol. The lowest BCUT2D eigenvalue weighted by Gasteiger charge is -2.26. The van der Waals surface area contributed by atoms with Crippen LogP contribution in [0.4, 0.5) is 4.39 Å². The van der Waals surface area contributed by atoms with Crippen molar-refractivity contribution in [2.75, 3.05) is 33.4 Å². The number of guanidine groups is 1. The number of hydrogen-bond acceptors (Lipinski definition) is 2. The fourth-order valence-corrected chi connectivity index (χ4v) is 1.91. The van der Waals surface area contributed by atoms with E-state index in [-0.39, 0.29) is 11.2 Å². The van der Waals surface area contributed by atoms with Crippen molar-refractivity contribution in [3.63, 3.8) is 0 Å². The number of hydrogen-bond donors (Lipinski definition) is 2. The summed E-state index contributed by atoms with van der Waals surface area (Å²) >= 11 is 0. The highest BCUT2D eigenvalue weighted by Crippen LogP contribution is 2.22. The predicted octanol–water partition coefficient (Wildman–Crippen LogP) is 2.30. The number of benzene rings is 1. The molecule has 0 aromatic heterocycles. The zero-order chi connectivity index (χ0) is 15.7. The van der Waals surface area contributed by atoms with Gasteiger partial charge in [0, 0.05) is 32.2 Å². The van der Waals surface area contributed by atoms with E-state index in [0.29, 0.717) is 26.3 Å². The second kappa shape index (κ2) is 8.62. The third-order valence-corrected chi connectivity index (χ3v) is 3.29. The Labute approximate surface area is 126 Å². The second-order valence-corrected chi connectivity index (χ2v) is 5.44. The van der Waals surface area contributed by atoms with Crippen molar-refractivity contribution in [1.82, 2.24) is 10.6 Å². The van der Waals surface area contributed by atoms with Crippen molar-refractivity contribution in [1.29, 1.82) is 0 Å². The van der Waals surface area contributed by atoms with Crippen molar-refractivity contribution in [3.05, 3.63) is 35.6 Å². The molecule has 2 N–H and O–H groups in total. The summed E-state index contributed by atoms with van der Waals surface area (Å²) in [6, 6.07) is 6.63. The Hall–Kier alpha value is -1.62. The molecule has 0 spiro atoms. The fraction of sp³-hybridized carbons (Fsp3) is 0.562. The van der Waals surface area contributed by atoms with E-state index in [1.807, 2.05) is 19.1 Å². The van der Waals surface area contributed by atoms with Gasteiger partial charge in [0.05, 0.1) is 6.61 Å². The second-order valence-electron chi connectivity index (χ2n) is 5.44. The molecule has 0 unspecified atom stereocenters. The summed E-state index contributed by atoms with van der Waals surface area (Å²) in [5.41, 5.74) is 0.965. The van der Waals surface area contributed by atoms with Crippen LogP contribution >= 0.6 is 0 Å². The molecule has 0 atom stereocenters. The Bertz CT molecular complexity index is 443. The summed E-state index contributed by atoms with van der Waals surface area (Å²) in [5, 5.41) is 6.48. The third-order valence-electron chi connectivity index (χ3n) is 3.29. The Balaban J connectivity index is 2.49. The first-order chi connectivity index (χ1) is 9.99. The maximum Gasteiger partial charge on any atom is 0.191 e. The minimum atomic E-state index is -0.212. The Morgan fingerprint density at radius 2 is 1.90 bits per heavy atom. The summed E-state index contributed by atoms with van der Waals surface area (Å²) in [7, 11) is 1.74. The van der Waals surface area contributed by atoms with Crippen LogP contribution in [0.1, 0.15) is 26.3 Å². The van der Waals surface area contributed by atoms with Crippen molar-refractivity contribution in [2.24, 2.45) is 4.99 Å². The van der Waals surface area contributed by atoms with Gasteiger partial charge in [-0.2, -0.15) is 0 Å². The van der Waals surface area contributed by atoms with Gasteiger partial charge in [-0.15, -0.1) is 0 Å². The highest BCUT2D eigenvalue weighted by atomic mass is 19.1. The number of nitrogens with one attached hydrogen (secondary N) is 2. The molecule has 0 aliphatic carbocycles. The van der Waals surface area contributed by atoms with Crippen LogP contribution in [0.5, 0.6) is 0 Å². The molecule has 118 valence electrons. The maximum absolute atomic E-state index is 13.0. The number of rotatable bonds is 7. The van der Waals surface area contributed by atoms with Crippen LogP contribution in [-0.4, -0.2) is 39.3 Å². The average Bonchev–Trinajstić information content (AvgIpc) is 2.47. The van der Waals surface area contributed by atoms with Gasteiger partial charge >= 0.3 is 0 Å². The molecule has 21 heavy (non-hydrogen) atoms. The molecule has 0 saturated carbocycles. The molecule has 1 rings (SSSR count). The van der Waals surface area contributed by atoms with Crippen LogP contribution in [0.25, 0.3) is 0 Å². The number of nitrogens with zero attached hydrogens (tertiary/aromatic N) is 1. The normalized spacial score (nSPS) is 12.3. The minimum absolute atomic E-state index is 0.120. The maximum atomic E-state index is 13.0. The summed E-state index contributed by atoms with van der Waals surface area (Å²) in [4.78, 5) is 4.18. The van der Waals surface area contributed by atoms with Gasteiger partial charge in [-0.05, 0) is 24.6 Å². The van der Waals surface area contributed by atoms with E-state index >= 15 is 0 Å². The zero-order valence-electron chi connectivity index (χ0n) is 13.4. The topological polar surface area (TPSA) is 45.6 Å². The first kappa shape index (κ1) is 17.4. The third kappa shape index (κ3) is 6.12. The lowest BCUT2D eigenvalue weighted by molar-refractivity contribution is 0.152. The van der Waals surface area contributed by atoms with Gasteiger partial charge < -0.3 is 15.4 Å². The molecule has 0 aliphatic rings. The molecule has 4 nitrogen and oxygen atoms in total. The summed E-state index contributed by atoms with van der Waals surface area (Å²) in [5.74, 6) is 0.529. The van der Waals surface area contributed by atoms with E-state index in [2.05, 4.69) is 29.5 Å². The van der Waals surface area contributed by atoms with E-state index in [1.54, 1.807) is 7.05 Å². The highest BCUT2D eigenvalue weighted by molar-refractivity contribution is 5.79. The van der Waals surface area contributed by atoms with Crippen molar-refractivity contribution in [3.8, 4) is 0 Å². The smallest absolute Gasteiger partial charge is 0.191 e. The largest absolute Gasteiger partial charge is 0.380 e. The van der Waals surface area contributed by atoms with E-state index < -0.39 is 0 Å². The first-order valence-corrected chi connectivity index (χ1v) is 7.28. The van der Waals surface area contributed by atoms with Crippen molar-refractivity contribution >= 4 is 5.96 Å². The average molecular weight is 295 g/mol. The molecule has 0 amide bonds. The zero-order valence-corrected chi connectivity index (χ0v) is 13.4. The molecule has 0 fully saturated rings. The van der Waals surface area contributed by atoms with E-state index in [4.69, 9.17) is 4.74 Å². The van der Waals surface area contributed by atoms with Gasteiger partial charge in [-0.3, -0.25) is 4.99 Å². The number of aliphatic imine (C=N–C) groups is 1. The van der Waals surface area contributed by atoms with Gasteiger partial charge in [-0.1, -0.05) is 26.0 Å². The molecular formula is C16H26FN3O. The Morgan fingerprint density at radius 3 is 2.48 bits per heavy atom. The Morgan fingerprint density at radius 1 is 1.24 bits per heavy atom. The first-order valence-electron chi connectivity index (χ1n) is 7.28. The monoisotopic (exact) mass is 295 g/mol. The van der Waals surface area contributed by atoms with Gasteiger partial charge in [-0.25, -0.2) is 4.39 Å². The lowest BCUT2D eigenvalue weighted by Crippen LogP contribution is -2.44. The van der Waals surface area contributed by atoms with E-state index in [0.717, 1.165) is 11.5 Å². The molecule has 0 heterocycles. The van der Waals surface area contributed by atoms with Crippen LogP contribution < -0.4 is 10.6 Å². The lowest BCUT2D eigenvalue weighted by atomic mass is 9.84. The highest BCUT2D eigenvalue weighted by Gasteiger charge is 2.20. The van der Waals surface area contributed by atoms with Crippen LogP contribution in [0, 0.1) is 5.82 Å². The van der Waals surface area contributed by atoms with Crippen molar-refractivity contribution in [2.45, 2.75) is 26.2 Å². The quantitative estimate of drug-likeness (QED) is 0.461. The van der Waals surface area contributed by atoms with Crippen LogP contribution in [-0.2, 0) is 10.2 Å². The van der Waals surface area contributed by atoms with Gasteiger partial charge in [0.1, 0.15) is 5.82 Å². The number of ether oxygens (including phenoxy) is 1. The van der Waals surface area contributed by atoms with E-state index in [9.17, 15) is 4.39 Å². The molecular weight excluding hydrogens is 269 g/mol. The minimum Gasteiger partial charge on any atom is -0.380 e. The number of halogens is 1. The summed E-state index contributed by atoms with van der Waals surface area (Å²) < 4.78 is 18.3. The Kier molecular flexibility index (Phi) is 7.15. The molecule has 0 aliphatic heterocycles. The van der Waals surface area contributed by atoms with Crippen LogP contribution in [0.15, 0.2) is 29.3 Å². The summed E-state index contributed by atoms with van der Waals surface area (Å²) in [6.07, 6.45) is 0. The molecule has 0 bridgehead atoms. The van der Waals surface area contributed by atoms with Gasteiger partial charge in [0.15, 0.2) is 5.96 Å². The van der Waals surface area contributed by atoms with E-state index in [1.165, 1.54) is 12.1 Å². The summed E-state index contributed by atoms with van der Waals surface area (Å²) in [6.45, 7) is 8.97. The molecule has 0 saturated heterocycles. The fourth-order valence-electron chi connectivity index (χ4n) is 1.91. The molecule has 5 heteroatoms. The van der Waals surface area contributed by atoms with Gasteiger partial charge in [0.2, 0.25) is 0 Å². The molecule has 1 aromatic rings. The van der Waals surface area contributed by atoms with Crippen molar-refractivity contribution < 1.29 is 9.13 Å². The SMILES string of the molecule is CCOCCNC(=NC)NCC(C)(C)c1ccc(F)cc1. The van der Waals surface area contributed by atoms with Crippen LogP contribution in [0.3, 0.4) is 0 Å².